The van der Waals surface area contributed by atoms with Crippen molar-refractivity contribution >= 4 is 34.1 Å². The highest BCUT2D eigenvalue weighted by molar-refractivity contribution is 8.01. The number of ether oxygens (including phenoxy) is 1. The molecule has 1 aromatic carbocycles. The largest absolute Gasteiger partial charge is 0.376 e. The van der Waals surface area contributed by atoms with Crippen LogP contribution in [0.5, 0.6) is 0 Å². The number of nitrogens with one attached hydrogen (secondary N) is 1. The van der Waals surface area contributed by atoms with Crippen molar-refractivity contribution in [3.8, 4) is 0 Å². The zero-order chi connectivity index (χ0) is 16.1. The number of hydrogen-bond donors (Lipinski definition) is 2. The maximum Gasteiger partial charge on any atom is 0.238 e. The molecule has 2 unspecified atom stereocenters. The second-order valence-electron chi connectivity index (χ2n) is 5.19. The van der Waals surface area contributed by atoms with Crippen LogP contribution in [0.15, 0.2) is 34.7 Å². The van der Waals surface area contributed by atoms with Crippen LogP contribution in [0.2, 0.25) is 0 Å². The molecule has 1 saturated heterocycles. The fourth-order valence-electron chi connectivity index (χ4n) is 2.38. The Kier molecular flexibility index (Phi) is 5.47. The first-order chi connectivity index (χ1) is 11.2. The Balaban J connectivity index is 1.70. The summed E-state index contributed by atoms with van der Waals surface area (Å²) in [6.45, 7) is 1.32. The van der Waals surface area contributed by atoms with Crippen molar-refractivity contribution in [1.82, 2.24) is 15.5 Å². The first kappa shape index (κ1) is 16.2. The molecular weight excluding hydrogens is 332 g/mol. The number of nitrogens with zero attached hydrogens (tertiary/aromatic N) is 2. The molecule has 1 aliphatic heterocycles. The number of aromatic nitrogens is 2. The molecule has 8 heteroatoms. The summed E-state index contributed by atoms with van der Waals surface area (Å²) in [5, 5.41) is 10.8. The molecule has 6 nitrogen and oxygen atoms in total. The van der Waals surface area contributed by atoms with Crippen LogP contribution in [0.25, 0.3) is 0 Å². The summed E-state index contributed by atoms with van der Waals surface area (Å²) >= 11 is 2.65. The van der Waals surface area contributed by atoms with Crippen LogP contribution in [0.1, 0.15) is 23.7 Å². The van der Waals surface area contributed by atoms with Gasteiger partial charge in [0.15, 0.2) is 4.34 Å². The van der Waals surface area contributed by atoms with Gasteiger partial charge in [-0.15, -0.1) is 10.2 Å². The Hall–Kier alpha value is -1.64. The Morgan fingerprint density at radius 2 is 2.26 bits per heavy atom. The first-order valence-electron chi connectivity index (χ1n) is 7.42. The number of amides is 1. The van der Waals surface area contributed by atoms with Gasteiger partial charge in [0.2, 0.25) is 11.0 Å². The number of hydrogen-bond acceptors (Lipinski definition) is 7. The zero-order valence-electron chi connectivity index (χ0n) is 12.5. The van der Waals surface area contributed by atoms with E-state index in [-0.39, 0.29) is 17.3 Å². The molecule has 2 atom stereocenters. The van der Waals surface area contributed by atoms with Gasteiger partial charge in [0.1, 0.15) is 5.25 Å². The predicted molar refractivity (Wildman–Crippen MR) is 91.3 cm³/mol. The van der Waals surface area contributed by atoms with E-state index in [1.807, 2.05) is 30.3 Å². The lowest BCUT2D eigenvalue weighted by atomic mass is 10.1. The molecule has 122 valence electrons. The molecule has 1 aliphatic rings. The van der Waals surface area contributed by atoms with E-state index in [2.05, 4.69) is 15.5 Å². The van der Waals surface area contributed by atoms with Crippen LogP contribution in [0, 0.1) is 0 Å². The minimum Gasteiger partial charge on any atom is -0.376 e. The summed E-state index contributed by atoms with van der Waals surface area (Å²) in [5.74, 6) is -0.0505. The predicted octanol–water partition coefficient (Wildman–Crippen LogP) is 2.25. The lowest BCUT2D eigenvalue weighted by molar-refractivity contribution is -0.121. The minimum atomic E-state index is -0.384. The first-order valence-corrected chi connectivity index (χ1v) is 9.12. The fourth-order valence-corrected chi connectivity index (χ4v) is 4.23. The lowest BCUT2D eigenvalue weighted by Crippen LogP contribution is -2.34. The second kappa shape index (κ2) is 7.76. The Labute approximate surface area is 142 Å². The monoisotopic (exact) mass is 350 g/mol. The summed E-state index contributed by atoms with van der Waals surface area (Å²) in [7, 11) is 0. The number of benzene rings is 1. The maximum atomic E-state index is 12.6. The second-order valence-corrected chi connectivity index (χ2v) is 7.56. The van der Waals surface area contributed by atoms with Gasteiger partial charge in [-0.2, -0.15) is 0 Å². The minimum absolute atomic E-state index is 0.0505. The van der Waals surface area contributed by atoms with Crippen molar-refractivity contribution in [2.24, 2.45) is 0 Å². The van der Waals surface area contributed by atoms with Crippen LogP contribution < -0.4 is 11.1 Å². The SMILES string of the molecule is Nc1nnc(SC(C(=O)NCC2CCCO2)c2ccccc2)s1. The molecule has 0 spiro atoms. The topological polar surface area (TPSA) is 90.1 Å². The van der Waals surface area contributed by atoms with Crippen LogP contribution in [-0.4, -0.2) is 35.4 Å². The van der Waals surface area contributed by atoms with Gasteiger partial charge in [0.25, 0.3) is 0 Å². The highest BCUT2D eigenvalue weighted by atomic mass is 32.2. The molecule has 0 aliphatic carbocycles. The van der Waals surface area contributed by atoms with Crippen LogP contribution in [0.4, 0.5) is 5.13 Å². The van der Waals surface area contributed by atoms with E-state index in [9.17, 15) is 4.79 Å². The molecule has 3 rings (SSSR count). The van der Waals surface area contributed by atoms with Crippen molar-refractivity contribution in [3.05, 3.63) is 35.9 Å². The normalized spacial score (nSPS) is 18.7. The molecule has 2 heterocycles. The molecule has 0 saturated carbocycles. The molecule has 0 radical (unpaired) electrons. The number of rotatable bonds is 6. The average Bonchev–Trinajstić information content (AvgIpc) is 3.23. The van der Waals surface area contributed by atoms with Gasteiger partial charge in [-0.05, 0) is 18.4 Å². The number of carbonyl (C=O) groups excluding carboxylic acids is 1. The van der Waals surface area contributed by atoms with E-state index in [4.69, 9.17) is 10.5 Å². The summed E-state index contributed by atoms with van der Waals surface area (Å²) in [4.78, 5) is 12.6. The third kappa shape index (κ3) is 4.43. The smallest absolute Gasteiger partial charge is 0.238 e. The maximum absolute atomic E-state index is 12.6. The van der Waals surface area contributed by atoms with Crippen LogP contribution in [-0.2, 0) is 9.53 Å². The van der Waals surface area contributed by atoms with Gasteiger partial charge in [0, 0.05) is 13.2 Å². The van der Waals surface area contributed by atoms with Crippen molar-refractivity contribution < 1.29 is 9.53 Å². The molecule has 1 fully saturated rings. The molecule has 1 amide bonds. The third-order valence-electron chi connectivity index (χ3n) is 3.51. The zero-order valence-corrected chi connectivity index (χ0v) is 14.1. The van der Waals surface area contributed by atoms with Gasteiger partial charge < -0.3 is 15.8 Å². The van der Waals surface area contributed by atoms with Gasteiger partial charge >= 0.3 is 0 Å². The summed E-state index contributed by atoms with van der Waals surface area (Å²) < 4.78 is 6.24. The van der Waals surface area contributed by atoms with Crippen LogP contribution >= 0.6 is 23.1 Å². The molecule has 3 N–H and O–H groups in total. The number of nitrogen functional groups attached to an aromatic ring is 1. The Morgan fingerprint density at radius 1 is 1.43 bits per heavy atom. The number of anilines is 1. The van der Waals surface area contributed by atoms with Crippen LogP contribution in [0.3, 0.4) is 0 Å². The third-order valence-corrected chi connectivity index (χ3v) is 5.60. The molecular formula is C15H18N4O2S2. The van der Waals surface area contributed by atoms with E-state index in [1.54, 1.807) is 0 Å². The average molecular weight is 350 g/mol. The van der Waals surface area contributed by atoms with E-state index >= 15 is 0 Å². The van der Waals surface area contributed by atoms with Crippen molar-refractivity contribution in [2.75, 3.05) is 18.9 Å². The number of nitrogens with two attached hydrogens (primary N) is 1. The van der Waals surface area contributed by atoms with Crippen molar-refractivity contribution in [2.45, 2.75) is 28.5 Å². The van der Waals surface area contributed by atoms with Gasteiger partial charge in [0.05, 0.1) is 6.10 Å². The van der Waals surface area contributed by atoms with Gasteiger partial charge in [-0.25, -0.2) is 0 Å². The lowest BCUT2D eigenvalue weighted by Gasteiger charge is -2.17. The molecule has 2 aromatic rings. The van der Waals surface area contributed by atoms with Gasteiger partial charge in [-0.3, -0.25) is 4.79 Å². The Bertz CT molecular complexity index is 644. The highest BCUT2D eigenvalue weighted by Gasteiger charge is 2.25. The summed E-state index contributed by atoms with van der Waals surface area (Å²) in [6, 6.07) is 9.65. The van der Waals surface area contributed by atoms with Crippen molar-refractivity contribution in [3.63, 3.8) is 0 Å². The van der Waals surface area contributed by atoms with Gasteiger partial charge in [-0.1, -0.05) is 53.4 Å². The quantitative estimate of drug-likeness (QED) is 0.777. The van der Waals surface area contributed by atoms with Crippen molar-refractivity contribution in [1.29, 1.82) is 0 Å². The fraction of sp³-hybridized carbons (Fsp3) is 0.400. The number of thioether (sulfide) groups is 1. The van der Waals surface area contributed by atoms with E-state index in [0.717, 1.165) is 25.0 Å². The van der Waals surface area contributed by atoms with E-state index in [0.29, 0.717) is 16.0 Å². The van der Waals surface area contributed by atoms with E-state index < -0.39 is 0 Å². The molecule has 23 heavy (non-hydrogen) atoms. The molecule has 1 aromatic heterocycles. The number of carbonyl (C=O) groups is 1. The summed E-state index contributed by atoms with van der Waals surface area (Å²) in [5.41, 5.74) is 6.55. The van der Waals surface area contributed by atoms with E-state index in [1.165, 1.54) is 23.1 Å². The Morgan fingerprint density at radius 3 is 2.91 bits per heavy atom. The molecule has 0 bridgehead atoms. The summed E-state index contributed by atoms with van der Waals surface area (Å²) in [6.07, 6.45) is 2.18. The standard InChI is InChI=1S/C15H18N4O2S2/c16-14-18-19-15(23-14)22-12(10-5-2-1-3-6-10)13(20)17-9-11-7-4-8-21-11/h1-3,5-6,11-12H,4,7-9H2,(H2,16,18)(H,17,20). The highest BCUT2D eigenvalue weighted by Crippen LogP contribution is 2.37.